The van der Waals surface area contributed by atoms with E-state index in [9.17, 15) is 4.79 Å². The molecule has 2 bridgehead atoms. The first kappa shape index (κ1) is 12.2. The Morgan fingerprint density at radius 2 is 1.95 bits per heavy atom. The van der Waals surface area contributed by atoms with Gasteiger partial charge < -0.3 is 5.32 Å². The van der Waals surface area contributed by atoms with E-state index < -0.39 is 0 Å². The van der Waals surface area contributed by atoms with Crippen LogP contribution in [0.4, 0.5) is 5.69 Å². The molecule has 4 atom stereocenters. The molecule has 0 radical (unpaired) electrons. The first-order chi connectivity index (χ1) is 9.16. The number of amides is 1. The van der Waals surface area contributed by atoms with E-state index in [2.05, 4.69) is 21.2 Å². The summed E-state index contributed by atoms with van der Waals surface area (Å²) in [5.74, 6) is 3.46. The molecule has 1 N–H and O–H groups in total. The van der Waals surface area contributed by atoms with Gasteiger partial charge in [0.2, 0.25) is 5.91 Å². The molecular weight excluding hydrogens is 326 g/mol. The average molecular weight is 341 g/mol. The minimum Gasteiger partial charge on any atom is -0.325 e. The zero-order valence-corrected chi connectivity index (χ0v) is 12.7. The highest BCUT2D eigenvalue weighted by molar-refractivity contribution is 9.10. The Labute approximate surface area is 126 Å². The quantitative estimate of drug-likeness (QED) is 0.853. The van der Waals surface area contributed by atoms with Crippen LogP contribution in [0.5, 0.6) is 0 Å². The first-order valence-electron chi connectivity index (χ1n) is 6.91. The van der Waals surface area contributed by atoms with E-state index in [-0.39, 0.29) is 11.8 Å². The van der Waals surface area contributed by atoms with Crippen LogP contribution in [0.2, 0.25) is 5.02 Å². The summed E-state index contributed by atoms with van der Waals surface area (Å²) in [4.78, 5) is 12.4. The van der Waals surface area contributed by atoms with E-state index >= 15 is 0 Å². The Balaban J connectivity index is 1.50. The number of hydrogen-bond donors (Lipinski definition) is 1. The van der Waals surface area contributed by atoms with Gasteiger partial charge in [-0.3, -0.25) is 4.79 Å². The number of nitrogens with one attached hydrogen (secondary N) is 1. The van der Waals surface area contributed by atoms with E-state index in [4.69, 9.17) is 11.6 Å². The van der Waals surface area contributed by atoms with Gasteiger partial charge in [-0.05, 0) is 71.0 Å². The van der Waals surface area contributed by atoms with Crippen molar-refractivity contribution in [2.75, 3.05) is 5.32 Å². The first-order valence-corrected chi connectivity index (χ1v) is 8.09. The van der Waals surface area contributed by atoms with Gasteiger partial charge in [0, 0.05) is 5.92 Å². The largest absolute Gasteiger partial charge is 0.325 e. The van der Waals surface area contributed by atoms with E-state index in [1.807, 2.05) is 18.2 Å². The fraction of sp³-hybridized carbons (Fsp3) is 0.533. The van der Waals surface area contributed by atoms with Crippen molar-refractivity contribution in [3.05, 3.63) is 27.7 Å². The molecule has 1 aromatic carbocycles. The monoisotopic (exact) mass is 339 g/mol. The molecule has 4 heteroatoms. The number of halogens is 2. The highest BCUT2D eigenvalue weighted by Gasteiger charge is 2.67. The fourth-order valence-electron chi connectivity index (χ4n) is 4.49. The SMILES string of the molecule is O=C(Nc1cccc(Cl)c1Br)C1C2C3CCC(C3)C12. The average Bonchev–Trinajstić information content (AvgIpc) is 2.84. The third-order valence-corrected chi connectivity index (χ3v) is 6.65. The molecule has 3 aliphatic carbocycles. The number of anilines is 1. The molecule has 3 aliphatic rings. The molecule has 0 saturated heterocycles. The van der Waals surface area contributed by atoms with Gasteiger partial charge >= 0.3 is 0 Å². The van der Waals surface area contributed by atoms with Crippen molar-refractivity contribution in [1.82, 2.24) is 0 Å². The van der Waals surface area contributed by atoms with Gasteiger partial charge in [0.15, 0.2) is 0 Å². The maximum Gasteiger partial charge on any atom is 0.228 e. The lowest BCUT2D eigenvalue weighted by atomic mass is 10.0. The molecule has 100 valence electrons. The van der Waals surface area contributed by atoms with Gasteiger partial charge in [0.1, 0.15) is 0 Å². The topological polar surface area (TPSA) is 29.1 Å². The smallest absolute Gasteiger partial charge is 0.228 e. The molecule has 0 heterocycles. The second kappa shape index (κ2) is 4.23. The summed E-state index contributed by atoms with van der Waals surface area (Å²) in [5.41, 5.74) is 0.787. The van der Waals surface area contributed by atoms with Crippen LogP contribution in [-0.2, 0) is 4.79 Å². The minimum absolute atomic E-state index is 0.189. The summed E-state index contributed by atoms with van der Waals surface area (Å²) in [6.07, 6.45) is 4.06. The fourth-order valence-corrected chi connectivity index (χ4v) is 5.03. The molecule has 0 aliphatic heterocycles. The Bertz CT molecular complexity index is 545. The molecule has 1 aromatic rings. The lowest BCUT2D eigenvalue weighted by Gasteiger charge is -2.11. The predicted octanol–water partition coefficient (Wildman–Crippen LogP) is 4.33. The van der Waals surface area contributed by atoms with Gasteiger partial charge in [-0.1, -0.05) is 17.7 Å². The molecule has 3 saturated carbocycles. The molecule has 0 aromatic heterocycles. The Morgan fingerprint density at radius 3 is 2.63 bits per heavy atom. The third-order valence-electron chi connectivity index (χ3n) is 5.25. The number of carbonyl (C=O) groups is 1. The summed E-state index contributed by atoms with van der Waals surface area (Å²) in [7, 11) is 0. The van der Waals surface area contributed by atoms with E-state index in [0.29, 0.717) is 16.9 Å². The summed E-state index contributed by atoms with van der Waals surface area (Å²) in [6, 6.07) is 5.56. The minimum atomic E-state index is 0.189. The summed E-state index contributed by atoms with van der Waals surface area (Å²) in [6.45, 7) is 0. The van der Waals surface area contributed by atoms with Crippen molar-refractivity contribution in [3.63, 3.8) is 0 Å². The van der Waals surface area contributed by atoms with Crippen LogP contribution in [0.1, 0.15) is 19.3 Å². The van der Waals surface area contributed by atoms with Crippen LogP contribution < -0.4 is 5.32 Å². The normalized spacial score (nSPS) is 38.1. The summed E-state index contributed by atoms with van der Waals surface area (Å²) >= 11 is 9.48. The molecule has 3 fully saturated rings. The second-order valence-corrected chi connectivity index (χ2v) is 7.30. The van der Waals surface area contributed by atoms with Crippen molar-refractivity contribution in [3.8, 4) is 0 Å². The number of fused-ring (bicyclic) bond motifs is 5. The molecule has 19 heavy (non-hydrogen) atoms. The van der Waals surface area contributed by atoms with Crippen LogP contribution in [0.25, 0.3) is 0 Å². The summed E-state index contributed by atoms with van der Waals surface area (Å²) in [5, 5.41) is 3.67. The van der Waals surface area contributed by atoms with Gasteiger partial charge in [-0.2, -0.15) is 0 Å². The van der Waals surface area contributed by atoms with E-state index in [1.54, 1.807) is 0 Å². The Kier molecular flexibility index (Phi) is 2.72. The van der Waals surface area contributed by atoms with E-state index in [1.165, 1.54) is 19.3 Å². The molecule has 4 unspecified atom stereocenters. The second-order valence-electron chi connectivity index (χ2n) is 6.10. The maximum absolute atomic E-state index is 12.4. The number of benzene rings is 1. The van der Waals surface area contributed by atoms with Crippen molar-refractivity contribution in [2.45, 2.75) is 19.3 Å². The van der Waals surface area contributed by atoms with Crippen LogP contribution in [0, 0.1) is 29.6 Å². The lowest BCUT2D eigenvalue weighted by molar-refractivity contribution is -0.118. The Morgan fingerprint density at radius 1 is 1.26 bits per heavy atom. The zero-order chi connectivity index (χ0) is 13.1. The van der Waals surface area contributed by atoms with Gasteiger partial charge in [0.25, 0.3) is 0 Å². The molecule has 4 rings (SSSR count). The van der Waals surface area contributed by atoms with E-state index in [0.717, 1.165) is 22.0 Å². The van der Waals surface area contributed by atoms with Crippen molar-refractivity contribution < 1.29 is 4.79 Å². The standard InChI is InChI=1S/C15H15BrClNO/c16-14-9(17)2-1-3-10(14)18-15(19)13-11-7-4-5-8(6-7)12(11)13/h1-3,7-8,11-13H,4-6H2,(H,18,19). The molecular formula is C15H15BrClNO. The third kappa shape index (κ3) is 1.78. The van der Waals surface area contributed by atoms with Crippen molar-refractivity contribution in [1.29, 1.82) is 0 Å². The van der Waals surface area contributed by atoms with Crippen LogP contribution in [-0.4, -0.2) is 5.91 Å². The van der Waals surface area contributed by atoms with Gasteiger partial charge in [0.05, 0.1) is 15.2 Å². The zero-order valence-electron chi connectivity index (χ0n) is 10.4. The number of rotatable bonds is 2. The summed E-state index contributed by atoms with van der Waals surface area (Å²) < 4.78 is 0.777. The highest BCUT2D eigenvalue weighted by Crippen LogP contribution is 2.69. The lowest BCUT2D eigenvalue weighted by Crippen LogP contribution is -2.18. The number of hydrogen-bond acceptors (Lipinski definition) is 1. The maximum atomic E-state index is 12.4. The highest BCUT2D eigenvalue weighted by atomic mass is 79.9. The van der Waals surface area contributed by atoms with Gasteiger partial charge in [-0.25, -0.2) is 0 Å². The molecule has 0 spiro atoms. The van der Waals surface area contributed by atoms with Crippen LogP contribution in [0.15, 0.2) is 22.7 Å². The van der Waals surface area contributed by atoms with Crippen molar-refractivity contribution >= 4 is 39.1 Å². The Hall–Kier alpha value is -0.540. The van der Waals surface area contributed by atoms with Crippen molar-refractivity contribution in [2.24, 2.45) is 29.6 Å². The van der Waals surface area contributed by atoms with Crippen LogP contribution >= 0.6 is 27.5 Å². The van der Waals surface area contributed by atoms with Crippen LogP contribution in [0.3, 0.4) is 0 Å². The molecule has 2 nitrogen and oxygen atoms in total. The predicted molar refractivity (Wildman–Crippen MR) is 79.1 cm³/mol. The van der Waals surface area contributed by atoms with Gasteiger partial charge in [-0.15, -0.1) is 0 Å². The number of carbonyl (C=O) groups excluding carboxylic acids is 1. The molecule has 1 amide bonds.